The molecular formula is C15H26S3. The summed E-state index contributed by atoms with van der Waals surface area (Å²) in [7, 11) is 0. The van der Waals surface area contributed by atoms with Crippen molar-refractivity contribution >= 4 is 37.0 Å². The topological polar surface area (TPSA) is 0 Å². The number of thiol groups is 2. The summed E-state index contributed by atoms with van der Waals surface area (Å²) in [6, 6.07) is 0. The highest BCUT2D eigenvalue weighted by Gasteiger charge is 2.23. The summed E-state index contributed by atoms with van der Waals surface area (Å²) in [6.45, 7) is 8.78. The van der Waals surface area contributed by atoms with Crippen molar-refractivity contribution in [1.29, 1.82) is 0 Å². The van der Waals surface area contributed by atoms with Crippen molar-refractivity contribution in [3.8, 4) is 0 Å². The lowest BCUT2D eigenvalue weighted by molar-refractivity contribution is 0.391. The molecule has 0 aliphatic heterocycles. The molecule has 3 atom stereocenters. The molecule has 0 saturated heterocycles. The van der Waals surface area contributed by atoms with E-state index in [0.29, 0.717) is 0 Å². The predicted molar refractivity (Wildman–Crippen MR) is 93.1 cm³/mol. The highest BCUT2D eigenvalue weighted by molar-refractivity contribution is 8.09. The number of hydrogen-bond acceptors (Lipinski definition) is 3. The van der Waals surface area contributed by atoms with E-state index in [0.717, 1.165) is 27.9 Å². The first-order valence-electron chi connectivity index (χ1n) is 6.82. The summed E-state index contributed by atoms with van der Waals surface area (Å²) in [5, 5.41) is 1.70. The fraction of sp³-hybridized carbons (Fsp3) is 0.733. The predicted octanol–water partition coefficient (Wildman–Crippen LogP) is 5.23. The van der Waals surface area contributed by atoms with Crippen molar-refractivity contribution in [2.45, 2.75) is 44.8 Å². The zero-order valence-corrected chi connectivity index (χ0v) is 14.2. The zero-order valence-electron chi connectivity index (χ0n) is 11.6. The minimum atomic E-state index is 0.764. The minimum absolute atomic E-state index is 0.764. The molecule has 0 spiro atoms. The molecule has 0 nitrogen and oxygen atoms in total. The maximum absolute atomic E-state index is 4.34. The zero-order chi connectivity index (χ0) is 13.5. The van der Waals surface area contributed by atoms with Crippen molar-refractivity contribution in [3.05, 3.63) is 23.8 Å². The number of allylic oxidation sites excluding steroid dienone is 2. The molecule has 0 N–H and O–H groups in total. The summed E-state index contributed by atoms with van der Waals surface area (Å²) in [5.74, 6) is 2.40. The standard InChI is InChI=1S/C15H26S3/c1-4-15(18-10-17)11(2)7-13-5-6-14(8-13)12(3)9-16/h6,11,13,15-17H,3-5,7-10H2,1-2H3. The van der Waals surface area contributed by atoms with Crippen LogP contribution in [0.1, 0.15) is 39.5 Å². The van der Waals surface area contributed by atoms with Crippen LogP contribution in [0.2, 0.25) is 0 Å². The quantitative estimate of drug-likeness (QED) is 0.457. The molecule has 1 rings (SSSR count). The lowest BCUT2D eigenvalue weighted by Gasteiger charge is -2.24. The Morgan fingerprint density at radius 2 is 2.28 bits per heavy atom. The van der Waals surface area contributed by atoms with Crippen LogP contribution in [0.3, 0.4) is 0 Å². The molecule has 0 bridgehead atoms. The Morgan fingerprint density at radius 1 is 1.56 bits per heavy atom. The second kappa shape index (κ2) is 8.65. The van der Waals surface area contributed by atoms with Gasteiger partial charge in [0.2, 0.25) is 0 Å². The Bertz CT molecular complexity index is 296. The van der Waals surface area contributed by atoms with Crippen LogP contribution in [0.5, 0.6) is 0 Å². The van der Waals surface area contributed by atoms with Crippen molar-refractivity contribution in [2.24, 2.45) is 11.8 Å². The monoisotopic (exact) mass is 302 g/mol. The van der Waals surface area contributed by atoms with Gasteiger partial charge < -0.3 is 0 Å². The average Bonchev–Trinajstić information content (AvgIpc) is 2.83. The van der Waals surface area contributed by atoms with Gasteiger partial charge in [0.15, 0.2) is 0 Å². The third kappa shape index (κ3) is 4.90. The van der Waals surface area contributed by atoms with Gasteiger partial charge in [0.25, 0.3) is 0 Å². The molecule has 104 valence electrons. The average molecular weight is 303 g/mol. The normalized spacial score (nSPS) is 22.7. The third-order valence-corrected chi connectivity index (χ3v) is 6.09. The molecule has 0 amide bonds. The highest BCUT2D eigenvalue weighted by Crippen LogP contribution is 2.36. The molecule has 0 aromatic carbocycles. The van der Waals surface area contributed by atoms with Gasteiger partial charge in [-0.3, -0.25) is 0 Å². The number of rotatable bonds is 8. The third-order valence-electron chi connectivity index (χ3n) is 3.88. The first kappa shape index (κ1) is 16.6. The van der Waals surface area contributed by atoms with Gasteiger partial charge in [-0.05, 0) is 48.7 Å². The van der Waals surface area contributed by atoms with Gasteiger partial charge in [0.1, 0.15) is 0 Å². The summed E-state index contributed by atoms with van der Waals surface area (Å²) in [6.07, 6.45) is 7.41. The Kier molecular flexibility index (Phi) is 7.97. The molecule has 0 saturated carbocycles. The maximum atomic E-state index is 4.34. The van der Waals surface area contributed by atoms with E-state index in [-0.39, 0.29) is 0 Å². The Hall–Kier alpha value is 0.530. The van der Waals surface area contributed by atoms with Gasteiger partial charge in [0, 0.05) is 16.1 Å². The molecule has 0 aromatic heterocycles. The SMILES string of the molecule is C=C(CS)C1=CCC(CC(C)C(CC)SCS)C1. The van der Waals surface area contributed by atoms with Gasteiger partial charge in [0.05, 0.1) is 0 Å². The van der Waals surface area contributed by atoms with Gasteiger partial charge >= 0.3 is 0 Å². The largest absolute Gasteiger partial charge is 0.175 e. The molecule has 0 aromatic rings. The van der Waals surface area contributed by atoms with E-state index in [1.165, 1.54) is 36.8 Å². The van der Waals surface area contributed by atoms with Crippen molar-refractivity contribution < 1.29 is 0 Å². The van der Waals surface area contributed by atoms with E-state index >= 15 is 0 Å². The van der Waals surface area contributed by atoms with Crippen LogP contribution < -0.4 is 0 Å². The fourth-order valence-corrected chi connectivity index (χ4v) is 4.46. The van der Waals surface area contributed by atoms with E-state index in [9.17, 15) is 0 Å². The van der Waals surface area contributed by atoms with E-state index in [1.54, 1.807) is 0 Å². The van der Waals surface area contributed by atoms with Crippen molar-refractivity contribution in [3.63, 3.8) is 0 Å². The van der Waals surface area contributed by atoms with Gasteiger partial charge in [-0.1, -0.05) is 26.5 Å². The highest BCUT2D eigenvalue weighted by atomic mass is 32.2. The minimum Gasteiger partial charge on any atom is -0.175 e. The summed E-state index contributed by atoms with van der Waals surface area (Å²) in [5.41, 5.74) is 2.67. The molecule has 1 aliphatic carbocycles. The number of thioether (sulfide) groups is 1. The fourth-order valence-electron chi connectivity index (χ4n) is 2.81. The summed E-state index contributed by atoms with van der Waals surface area (Å²) >= 11 is 10.7. The Balaban J connectivity index is 2.39. The van der Waals surface area contributed by atoms with Gasteiger partial charge in [-0.25, -0.2) is 0 Å². The number of hydrogen-bond donors (Lipinski definition) is 2. The molecule has 0 radical (unpaired) electrons. The van der Waals surface area contributed by atoms with Crippen LogP contribution in [-0.2, 0) is 0 Å². The summed E-state index contributed by atoms with van der Waals surface area (Å²) < 4.78 is 0. The maximum Gasteiger partial charge on any atom is 0.0364 e. The second-order valence-electron chi connectivity index (χ2n) is 5.25. The molecule has 0 fully saturated rings. The van der Waals surface area contributed by atoms with E-state index < -0.39 is 0 Å². The van der Waals surface area contributed by atoms with Crippen LogP contribution in [0, 0.1) is 11.8 Å². The molecule has 1 aliphatic rings. The molecule has 0 heterocycles. The van der Waals surface area contributed by atoms with Crippen LogP contribution >= 0.6 is 37.0 Å². The van der Waals surface area contributed by atoms with E-state index in [4.69, 9.17) is 0 Å². The molecule has 18 heavy (non-hydrogen) atoms. The second-order valence-corrected chi connectivity index (χ2v) is 7.54. The molecular weight excluding hydrogens is 276 g/mol. The Morgan fingerprint density at radius 3 is 2.83 bits per heavy atom. The lowest BCUT2D eigenvalue weighted by Crippen LogP contribution is -2.16. The molecule has 3 heteroatoms. The van der Waals surface area contributed by atoms with Crippen LogP contribution in [0.4, 0.5) is 0 Å². The van der Waals surface area contributed by atoms with E-state index in [1.807, 2.05) is 11.8 Å². The summed E-state index contributed by atoms with van der Waals surface area (Å²) in [4.78, 5) is 0. The molecule has 3 unspecified atom stereocenters. The van der Waals surface area contributed by atoms with Crippen molar-refractivity contribution in [1.82, 2.24) is 0 Å². The van der Waals surface area contributed by atoms with Crippen molar-refractivity contribution in [2.75, 3.05) is 10.8 Å². The van der Waals surface area contributed by atoms with Crippen LogP contribution in [0.15, 0.2) is 23.8 Å². The van der Waals surface area contributed by atoms with E-state index in [2.05, 4.69) is 51.8 Å². The first-order valence-corrected chi connectivity index (χ1v) is 9.14. The first-order chi connectivity index (χ1) is 8.62. The van der Waals surface area contributed by atoms with Crippen LogP contribution in [-0.4, -0.2) is 16.1 Å². The van der Waals surface area contributed by atoms with Gasteiger partial charge in [-0.2, -0.15) is 25.3 Å². The van der Waals surface area contributed by atoms with Crippen LogP contribution in [0.25, 0.3) is 0 Å². The Labute approximate surface area is 128 Å². The smallest absolute Gasteiger partial charge is 0.0364 e. The van der Waals surface area contributed by atoms with Gasteiger partial charge in [-0.15, -0.1) is 11.8 Å². The lowest BCUT2D eigenvalue weighted by atomic mass is 9.89.